The molecule has 0 aromatic heterocycles. The molecule has 0 aromatic carbocycles. The van der Waals surface area contributed by atoms with E-state index >= 15 is 0 Å². The number of nitrogens with one attached hydrogen (secondary N) is 2. The van der Waals surface area contributed by atoms with Gasteiger partial charge in [-0.15, -0.1) is 0 Å². The van der Waals surface area contributed by atoms with Crippen molar-refractivity contribution in [1.29, 1.82) is 0 Å². The van der Waals surface area contributed by atoms with Gasteiger partial charge >= 0.3 is 5.97 Å². The number of hydrogen-bond acceptors (Lipinski definition) is 3. The molecule has 0 aliphatic carbocycles. The molecule has 5 nitrogen and oxygen atoms in total. The third-order valence-corrected chi connectivity index (χ3v) is 2.14. The highest BCUT2D eigenvalue weighted by Gasteiger charge is 2.13. The van der Waals surface area contributed by atoms with Crippen molar-refractivity contribution in [2.24, 2.45) is 16.8 Å². The Hall–Kier alpha value is -1.26. The molecular weight excluding hydrogens is 218 g/mol. The second-order valence-corrected chi connectivity index (χ2v) is 4.42. The lowest BCUT2D eigenvalue weighted by molar-refractivity contribution is -0.144. The predicted octanol–water partition coefficient (Wildman–Crippen LogP) is 1.01. The molecule has 0 aromatic rings. The fourth-order valence-corrected chi connectivity index (χ4v) is 1.15. The first-order valence-electron chi connectivity index (χ1n) is 6.11. The maximum atomic E-state index is 11.2. The minimum Gasteiger partial charge on any atom is -0.469 e. The minimum atomic E-state index is -0.211. The molecule has 5 heteroatoms. The first-order valence-corrected chi connectivity index (χ1v) is 6.11. The number of ether oxygens (including phenoxy) is 1. The van der Waals surface area contributed by atoms with Gasteiger partial charge in [-0.25, -0.2) is 0 Å². The van der Waals surface area contributed by atoms with Crippen LogP contribution in [0, 0.1) is 11.8 Å². The molecule has 0 radical (unpaired) electrons. The minimum absolute atomic E-state index is 0.178. The van der Waals surface area contributed by atoms with Gasteiger partial charge in [0, 0.05) is 19.6 Å². The van der Waals surface area contributed by atoms with Crippen molar-refractivity contribution in [2.75, 3.05) is 26.7 Å². The van der Waals surface area contributed by atoms with E-state index in [1.165, 1.54) is 7.11 Å². The number of carbonyl (C=O) groups is 1. The van der Waals surface area contributed by atoms with E-state index in [4.69, 9.17) is 0 Å². The molecule has 0 amide bonds. The molecule has 0 aliphatic rings. The Morgan fingerprint density at radius 3 is 2.41 bits per heavy atom. The largest absolute Gasteiger partial charge is 0.469 e. The summed E-state index contributed by atoms with van der Waals surface area (Å²) in [5.41, 5.74) is 0. The van der Waals surface area contributed by atoms with Gasteiger partial charge in [-0.2, -0.15) is 0 Å². The summed E-state index contributed by atoms with van der Waals surface area (Å²) in [7, 11) is 1.40. The molecule has 1 unspecified atom stereocenters. The summed E-state index contributed by atoms with van der Waals surface area (Å²) >= 11 is 0. The zero-order valence-corrected chi connectivity index (χ0v) is 11.5. The van der Waals surface area contributed by atoms with E-state index in [9.17, 15) is 4.79 Å². The number of guanidine groups is 1. The van der Waals surface area contributed by atoms with Crippen LogP contribution in [0.1, 0.15) is 27.7 Å². The summed E-state index contributed by atoms with van der Waals surface area (Å²) in [6, 6.07) is 0. The summed E-state index contributed by atoms with van der Waals surface area (Å²) in [5, 5.41) is 6.27. The van der Waals surface area contributed by atoms with Crippen LogP contribution in [0.25, 0.3) is 0 Å². The molecule has 0 bridgehead atoms. The smallest absolute Gasteiger partial charge is 0.310 e. The third-order valence-electron chi connectivity index (χ3n) is 2.14. The maximum absolute atomic E-state index is 11.2. The van der Waals surface area contributed by atoms with Crippen molar-refractivity contribution in [1.82, 2.24) is 10.6 Å². The Balaban J connectivity index is 4.16. The van der Waals surface area contributed by atoms with Crippen LogP contribution in [-0.2, 0) is 9.53 Å². The molecule has 0 aliphatic heterocycles. The van der Waals surface area contributed by atoms with E-state index in [2.05, 4.69) is 34.2 Å². The van der Waals surface area contributed by atoms with Crippen LogP contribution >= 0.6 is 0 Å². The molecule has 2 N–H and O–H groups in total. The van der Waals surface area contributed by atoms with Crippen LogP contribution in [0.15, 0.2) is 4.99 Å². The number of methoxy groups -OCH3 is 1. The Bertz CT molecular complexity index is 252. The normalized spacial score (nSPS) is 13.4. The standard InChI is InChI=1S/C12H25N3O2/c1-6-13-12(14-7-9(2)3)15-8-10(4)11(16)17-5/h9-10H,6-8H2,1-5H3,(H2,13,14,15). The van der Waals surface area contributed by atoms with Crippen LogP contribution in [-0.4, -0.2) is 38.7 Å². The van der Waals surface area contributed by atoms with Crippen molar-refractivity contribution < 1.29 is 9.53 Å². The number of rotatable bonds is 6. The van der Waals surface area contributed by atoms with Crippen LogP contribution in [0.3, 0.4) is 0 Å². The van der Waals surface area contributed by atoms with Gasteiger partial charge in [-0.05, 0) is 12.8 Å². The van der Waals surface area contributed by atoms with Crippen LogP contribution < -0.4 is 10.6 Å². The fraction of sp³-hybridized carbons (Fsp3) is 0.833. The van der Waals surface area contributed by atoms with Gasteiger partial charge in [0.05, 0.1) is 13.0 Å². The second kappa shape index (κ2) is 8.84. The third kappa shape index (κ3) is 7.60. The number of nitrogens with zero attached hydrogens (tertiary/aromatic N) is 1. The average Bonchev–Trinajstić information content (AvgIpc) is 2.31. The Morgan fingerprint density at radius 2 is 1.94 bits per heavy atom. The molecular formula is C12H25N3O2. The van der Waals surface area contributed by atoms with E-state index in [0.29, 0.717) is 12.5 Å². The Labute approximate surface area is 104 Å². The van der Waals surface area contributed by atoms with Gasteiger partial charge in [-0.1, -0.05) is 20.8 Å². The average molecular weight is 243 g/mol. The van der Waals surface area contributed by atoms with Gasteiger partial charge < -0.3 is 15.4 Å². The van der Waals surface area contributed by atoms with Crippen molar-refractivity contribution >= 4 is 11.9 Å². The summed E-state index contributed by atoms with van der Waals surface area (Å²) in [4.78, 5) is 15.6. The second-order valence-electron chi connectivity index (χ2n) is 4.42. The maximum Gasteiger partial charge on any atom is 0.310 e. The number of aliphatic imine (C=N–C) groups is 1. The van der Waals surface area contributed by atoms with E-state index in [1.54, 1.807) is 0 Å². The fourth-order valence-electron chi connectivity index (χ4n) is 1.15. The quantitative estimate of drug-likeness (QED) is 0.415. The first-order chi connectivity index (χ1) is 8.01. The lowest BCUT2D eigenvalue weighted by atomic mass is 10.2. The monoisotopic (exact) mass is 243 g/mol. The van der Waals surface area contributed by atoms with Gasteiger partial charge in [0.15, 0.2) is 5.96 Å². The zero-order valence-electron chi connectivity index (χ0n) is 11.5. The van der Waals surface area contributed by atoms with Crippen LogP contribution in [0.5, 0.6) is 0 Å². The van der Waals surface area contributed by atoms with E-state index in [-0.39, 0.29) is 11.9 Å². The molecule has 1 atom stereocenters. The molecule has 100 valence electrons. The highest BCUT2D eigenvalue weighted by molar-refractivity contribution is 5.80. The number of hydrogen-bond donors (Lipinski definition) is 2. The molecule has 0 fully saturated rings. The molecule has 0 heterocycles. The van der Waals surface area contributed by atoms with Gasteiger partial charge in [0.25, 0.3) is 0 Å². The van der Waals surface area contributed by atoms with Gasteiger partial charge in [-0.3, -0.25) is 9.79 Å². The first kappa shape index (κ1) is 15.7. The highest BCUT2D eigenvalue weighted by Crippen LogP contribution is 1.96. The molecule has 17 heavy (non-hydrogen) atoms. The molecule has 0 saturated heterocycles. The van der Waals surface area contributed by atoms with E-state index in [1.807, 2.05) is 13.8 Å². The van der Waals surface area contributed by atoms with Gasteiger partial charge in [0.2, 0.25) is 0 Å². The lowest BCUT2D eigenvalue weighted by Gasteiger charge is -2.14. The molecule has 0 rings (SSSR count). The van der Waals surface area contributed by atoms with Crippen LogP contribution in [0.4, 0.5) is 0 Å². The summed E-state index contributed by atoms with van der Waals surface area (Å²) < 4.78 is 4.66. The van der Waals surface area contributed by atoms with Gasteiger partial charge in [0.1, 0.15) is 0 Å². The van der Waals surface area contributed by atoms with E-state index in [0.717, 1.165) is 19.0 Å². The summed E-state index contributed by atoms with van der Waals surface area (Å²) in [6.07, 6.45) is 0. The predicted molar refractivity (Wildman–Crippen MR) is 70.0 cm³/mol. The Morgan fingerprint density at radius 1 is 1.29 bits per heavy atom. The van der Waals surface area contributed by atoms with Crippen molar-refractivity contribution in [3.8, 4) is 0 Å². The van der Waals surface area contributed by atoms with E-state index < -0.39 is 0 Å². The summed E-state index contributed by atoms with van der Waals surface area (Å²) in [6.45, 7) is 10.2. The zero-order chi connectivity index (χ0) is 13.3. The molecule has 0 saturated carbocycles. The Kier molecular flexibility index (Phi) is 8.19. The number of carbonyl (C=O) groups excluding carboxylic acids is 1. The van der Waals surface area contributed by atoms with Crippen LogP contribution in [0.2, 0.25) is 0 Å². The SMILES string of the molecule is CCNC(=NCC(C)C)NCC(C)C(=O)OC. The van der Waals surface area contributed by atoms with Crippen molar-refractivity contribution in [3.63, 3.8) is 0 Å². The van der Waals surface area contributed by atoms with Crippen molar-refractivity contribution in [3.05, 3.63) is 0 Å². The molecule has 0 spiro atoms. The lowest BCUT2D eigenvalue weighted by Crippen LogP contribution is -2.41. The summed E-state index contributed by atoms with van der Waals surface area (Å²) in [5.74, 6) is 0.876. The highest BCUT2D eigenvalue weighted by atomic mass is 16.5. The van der Waals surface area contributed by atoms with Crippen molar-refractivity contribution in [2.45, 2.75) is 27.7 Å². The topological polar surface area (TPSA) is 62.7 Å². The number of esters is 1.